The van der Waals surface area contributed by atoms with Crippen LogP contribution in [0.3, 0.4) is 0 Å². The van der Waals surface area contributed by atoms with E-state index in [-0.39, 0.29) is 5.69 Å². The molecule has 128 valence electrons. The summed E-state index contributed by atoms with van der Waals surface area (Å²) in [5.41, 5.74) is 5.33. The number of rotatable bonds is 12. The maximum Gasteiger partial charge on any atom is 0.269 e. The van der Waals surface area contributed by atoms with Crippen LogP contribution in [0.2, 0.25) is 0 Å². The van der Waals surface area contributed by atoms with Crippen molar-refractivity contribution in [3.8, 4) is 5.75 Å². The minimum absolute atomic E-state index is 0.0790. The van der Waals surface area contributed by atoms with Crippen LogP contribution in [-0.2, 0) is 0 Å². The van der Waals surface area contributed by atoms with Gasteiger partial charge in [0.2, 0.25) is 0 Å². The van der Waals surface area contributed by atoms with Gasteiger partial charge in [-0.05, 0) is 25.0 Å². The first kappa shape index (κ1) is 18.8. The van der Waals surface area contributed by atoms with E-state index in [1.54, 1.807) is 23.3 Å². The third-order valence-electron chi connectivity index (χ3n) is 3.40. The van der Waals surface area contributed by atoms with E-state index in [4.69, 9.17) is 16.3 Å². The molecule has 0 atom stereocenters. The molecule has 0 radical (unpaired) electrons. The molecule has 0 saturated carbocycles. The minimum atomic E-state index is -0.417. The fraction of sp³-hybridized carbons (Fsp3) is 0.500. The standard InChI is InChI=1S/C16H26N4O3/c17-11-13-19(18)12-5-3-1-2-4-6-14-23-16-9-7-15(8-10-16)20(21)22/h7-11,13H,1-6,12,14,17-18H2/b13-11-. The van der Waals surface area contributed by atoms with E-state index < -0.39 is 4.92 Å². The van der Waals surface area contributed by atoms with Crippen LogP contribution in [0.4, 0.5) is 5.69 Å². The lowest BCUT2D eigenvalue weighted by molar-refractivity contribution is -0.384. The molecule has 0 aliphatic rings. The lowest BCUT2D eigenvalue weighted by Crippen LogP contribution is -2.26. The second kappa shape index (κ2) is 11.3. The van der Waals surface area contributed by atoms with Gasteiger partial charge >= 0.3 is 0 Å². The van der Waals surface area contributed by atoms with E-state index in [0.29, 0.717) is 12.4 Å². The Labute approximate surface area is 137 Å². The monoisotopic (exact) mass is 322 g/mol. The van der Waals surface area contributed by atoms with Crippen molar-refractivity contribution >= 4 is 5.69 Å². The molecule has 7 nitrogen and oxygen atoms in total. The first-order valence-corrected chi connectivity index (χ1v) is 7.90. The van der Waals surface area contributed by atoms with Crippen molar-refractivity contribution in [2.45, 2.75) is 38.5 Å². The molecule has 0 fully saturated rings. The first-order chi connectivity index (χ1) is 11.1. The van der Waals surface area contributed by atoms with Crippen molar-refractivity contribution in [3.05, 3.63) is 46.8 Å². The van der Waals surface area contributed by atoms with E-state index in [1.807, 2.05) is 0 Å². The quantitative estimate of drug-likeness (QED) is 0.265. The SMILES string of the molecule is N/C=C\N(N)CCCCCCCCOc1ccc([N+](=O)[O-])cc1. The first-order valence-electron chi connectivity index (χ1n) is 7.90. The summed E-state index contributed by atoms with van der Waals surface area (Å²) in [6.45, 7) is 1.45. The lowest BCUT2D eigenvalue weighted by atomic mass is 10.1. The molecule has 1 aromatic rings. The minimum Gasteiger partial charge on any atom is -0.494 e. The molecular weight excluding hydrogens is 296 g/mol. The summed E-state index contributed by atoms with van der Waals surface area (Å²) in [5, 5.41) is 12.1. The third-order valence-corrected chi connectivity index (χ3v) is 3.40. The van der Waals surface area contributed by atoms with Gasteiger partial charge in [0, 0.05) is 31.1 Å². The van der Waals surface area contributed by atoms with Crippen molar-refractivity contribution in [1.82, 2.24) is 5.01 Å². The maximum atomic E-state index is 10.5. The van der Waals surface area contributed by atoms with Crippen LogP contribution in [0.5, 0.6) is 5.75 Å². The topological polar surface area (TPSA) is 108 Å². The summed E-state index contributed by atoms with van der Waals surface area (Å²) in [5.74, 6) is 6.33. The number of benzene rings is 1. The number of hydrazine groups is 1. The zero-order valence-corrected chi connectivity index (χ0v) is 13.4. The number of nitro benzene ring substituents is 1. The number of nitrogens with zero attached hydrogens (tertiary/aromatic N) is 2. The highest BCUT2D eigenvalue weighted by Crippen LogP contribution is 2.17. The number of ether oxygens (including phenoxy) is 1. The second-order valence-corrected chi connectivity index (χ2v) is 5.30. The second-order valence-electron chi connectivity index (χ2n) is 5.30. The van der Waals surface area contributed by atoms with Crippen LogP contribution < -0.4 is 16.3 Å². The molecular formula is C16H26N4O3. The van der Waals surface area contributed by atoms with Gasteiger partial charge in [0.1, 0.15) is 5.75 Å². The fourth-order valence-electron chi connectivity index (χ4n) is 2.14. The number of nitrogens with two attached hydrogens (primary N) is 2. The van der Waals surface area contributed by atoms with Crippen molar-refractivity contribution in [2.24, 2.45) is 11.6 Å². The van der Waals surface area contributed by atoms with Crippen LogP contribution in [0.15, 0.2) is 36.7 Å². The summed E-state index contributed by atoms with van der Waals surface area (Å²) >= 11 is 0. The summed E-state index contributed by atoms with van der Waals surface area (Å²) < 4.78 is 5.56. The largest absolute Gasteiger partial charge is 0.494 e. The Morgan fingerprint density at radius 3 is 2.30 bits per heavy atom. The highest BCUT2D eigenvalue weighted by atomic mass is 16.6. The average molecular weight is 322 g/mol. The van der Waals surface area contributed by atoms with E-state index in [2.05, 4.69) is 0 Å². The molecule has 0 aliphatic carbocycles. The molecule has 0 aliphatic heterocycles. The van der Waals surface area contributed by atoms with Crippen molar-refractivity contribution in [3.63, 3.8) is 0 Å². The highest BCUT2D eigenvalue weighted by molar-refractivity contribution is 5.35. The van der Waals surface area contributed by atoms with Gasteiger partial charge in [-0.25, -0.2) is 5.84 Å². The number of non-ortho nitro benzene ring substituents is 1. The summed E-state index contributed by atoms with van der Waals surface area (Å²) in [6, 6.07) is 6.17. The molecule has 7 heteroatoms. The van der Waals surface area contributed by atoms with Crippen LogP contribution in [0, 0.1) is 10.1 Å². The molecule has 23 heavy (non-hydrogen) atoms. The number of hydrogen-bond donors (Lipinski definition) is 2. The molecule has 1 rings (SSSR count). The molecule has 0 aromatic heterocycles. The molecule has 0 amide bonds. The zero-order valence-electron chi connectivity index (χ0n) is 13.4. The molecule has 1 aromatic carbocycles. The predicted molar refractivity (Wildman–Crippen MR) is 90.5 cm³/mol. The van der Waals surface area contributed by atoms with Crippen molar-refractivity contribution in [1.29, 1.82) is 0 Å². The number of hydrogen-bond acceptors (Lipinski definition) is 6. The van der Waals surface area contributed by atoms with Gasteiger partial charge in [-0.1, -0.05) is 25.7 Å². The smallest absolute Gasteiger partial charge is 0.269 e. The third kappa shape index (κ3) is 8.67. The van der Waals surface area contributed by atoms with E-state index in [9.17, 15) is 10.1 Å². The van der Waals surface area contributed by atoms with Crippen LogP contribution in [0.1, 0.15) is 38.5 Å². The highest BCUT2D eigenvalue weighted by Gasteiger charge is 2.04. The van der Waals surface area contributed by atoms with Gasteiger partial charge in [-0.2, -0.15) is 0 Å². The Bertz CT molecular complexity index is 477. The van der Waals surface area contributed by atoms with Crippen LogP contribution >= 0.6 is 0 Å². The molecule has 0 bridgehead atoms. The maximum absolute atomic E-state index is 10.5. The molecule has 0 spiro atoms. The number of nitro groups is 1. The van der Waals surface area contributed by atoms with Crippen LogP contribution in [0.25, 0.3) is 0 Å². The lowest BCUT2D eigenvalue weighted by Gasteiger charge is -2.12. The molecule has 0 heterocycles. The van der Waals surface area contributed by atoms with Gasteiger partial charge in [0.05, 0.1) is 11.5 Å². The Kier molecular flexibility index (Phi) is 9.23. The summed E-state index contributed by atoms with van der Waals surface area (Å²) in [6.07, 6.45) is 9.74. The number of unbranched alkanes of at least 4 members (excludes halogenated alkanes) is 5. The van der Waals surface area contributed by atoms with Gasteiger partial charge in [-0.3, -0.25) is 10.1 Å². The van der Waals surface area contributed by atoms with Crippen LogP contribution in [-0.4, -0.2) is 23.1 Å². The van der Waals surface area contributed by atoms with Gasteiger partial charge in [-0.15, -0.1) is 0 Å². The molecule has 4 N–H and O–H groups in total. The van der Waals surface area contributed by atoms with Gasteiger partial charge in [0.15, 0.2) is 0 Å². The Morgan fingerprint density at radius 1 is 1.09 bits per heavy atom. The van der Waals surface area contributed by atoms with Gasteiger partial charge in [0.25, 0.3) is 5.69 Å². The zero-order chi connectivity index (χ0) is 16.9. The van der Waals surface area contributed by atoms with Crippen molar-refractivity contribution < 1.29 is 9.66 Å². The molecule has 0 saturated heterocycles. The molecule has 0 unspecified atom stereocenters. The van der Waals surface area contributed by atoms with Gasteiger partial charge < -0.3 is 15.5 Å². The summed E-state index contributed by atoms with van der Waals surface area (Å²) in [7, 11) is 0. The fourth-order valence-corrected chi connectivity index (χ4v) is 2.14. The van der Waals surface area contributed by atoms with E-state index in [0.717, 1.165) is 32.2 Å². The average Bonchev–Trinajstić information content (AvgIpc) is 2.54. The normalized spacial score (nSPS) is 10.8. The van der Waals surface area contributed by atoms with E-state index >= 15 is 0 Å². The van der Waals surface area contributed by atoms with Crippen molar-refractivity contribution in [2.75, 3.05) is 13.2 Å². The summed E-state index contributed by atoms with van der Waals surface area (Å²) in [4.78, 5) is 10.1. The Morgan fingerprint density at radius 2 is 1.70 bits per heavy atom. The Hall–Kier alpha value is -2.28. The predicted octanol–water partition coefficient (Wildman–Crippen LogP) is 2.92. The Balaban J connectivity index is 1.98. The van der Waals surface area contributed by atoms with E-state index in [1.165, 1.54) is 31.2 Å².